The zero-order chi connectivity index (χ0) is 27.1. The van der Waals surface area contributed by atoms with E-state index in [1.807, 2.05) is 25.1 Å². The summed E-state index contributed by atoms with van der Waals surface area (Å²) < 4.78 is 0. The Morgan fingerprint density at radius 2 is 2.03 bits per heavy atom. The van der Waals surface area contributed by atoms with Crippen LogP contribution in [0.25, 0.3) is 0 Å². The molecule has 38 heavy (non-hydrogen) atoms. The van der Waals surface area contributed by atoms with Gasteiger partial charge in [0.15, 0.2) is 12.4 Å². The Bertz CT molecular complexity index is 1140. The summed E-state index contributed by atoms with van der Waals surface area (Å²) in [5.74, 6) is -0.438. The van der Waals surface area contributed by atoms with Crippen molar-refractivity contribution in [3.63, 3.8) is 0 Å². The molecule has 7 atom stereocenters. The maximum Gasteiger partial charge on any atom is 0.261 e. The van der Waals surface area contributed by atoms with Gasteiger partial charge >= 0.3 is 0 Å². The summed E-state index contributed by atoms with van der Waals surface area (Å²) in [6.45, 7) is 3.64. The van der Waals surface area contributed by atoms with E-state index in [2.05, 4.69) is 28.5 Å². The van der Waals surface area contributed by atoms with Crippen molar-refractivity contribution >= 4 is 17.4 Å². The smallest absolute Gasteiger partial charge is 0.261 e. The van der Waals surface area contributed by atoms with Crippen LogP contribution in [0.2, 0.25) is 0 Å². The Labute approximate surface area is 223 Å². The van der Waals surface area contributed by atoms with Gasteiger partial charge < -0.3 is 25.5 Å². The zero-order valence-electron chi connectivity index (χ0n) is 22.2. The molecule has 3 saturated carbocycles. The Balaban J connectivity index is 1.25. The van der Waals surface area contributed by atoms with Crippen molar-refractivity contribution in [1.29, 1.82) is 0 Å². The minimum atomic E-state index is -1.58. The summed E-state index contributed by atoms with van der Waals surface area (Å²) in [7, 11) is 0. The molecule has 0 unspecified atom stereocenters. The number of aromatic nitrogens is 1. The molecule has 0 bridgehead atoms. The van der Waals surface area contributed by atoms with Crippen LogP contribution in [-0.4, -0.2) is 62.6 Å². The zero-order valence-corrected chi connectivity index (χ0v) is 22.2. The fourth-order valence-electron chi connectivity index (χ4n) is 8.28. The van der Waals surface area contributed by atoms with Gasteiger partial charge in [-0.2, -0.15) is 0 Å². The van der Waals surface area contributed by atoms with Crippen LogP contribution in [0.5, 0.6) is 0 Å². The Morgan fingerprint density at radius 1 is 1.21 bits per heavy atom. The molecular formula is C29H39N3O6. The van der Waals surface area contributed by atoms with Crippen LogP contribution < -0.4 is 5.32 Å². The number of pyridine rings is 1. The van der Waals surface area contributed by atoms with Crippen molar-refractivity contribution in [2.45, 2.75) is 77.0 Å². The third-order valence-corrected chi connectivity index (χ3v) is 10.2. The number of Topliss-reactive ketones (excluding diaryl/α,β-unsaturated/α-hetero) is 1. The largest absolute Gasteiger partial charge is 0.393 e. The van der Waals surface area contributed by atoms with Gasteiger partial charge in [-0.25, -0.2) is 0 Å². The van der Waals surface area contributed by atoms with Crippen LogP contribution in [0.1, 0.15) is 64.5 Å². The molecule has 0 aliphatic heterocycles. The van der Waals surface area contributed by atoms with Gasteiger partial charge in [0, 0.05) is 11.6 Å². The average Bonchev–Trinajstić information content (AvgIpc) is 3.18. The molecule has 9 nitrogen and oxygen atoms in total. The molecule has 0 radical (unpaired) electrons. The molecular weight excluding hydrogens is 486 g/mol. The lowest BCUT2D eigenvalue weighted by Crippen LogP contribution is -2.62. The van der Waals surface area contributed by atoms with E-state index in [9.17, 15) is 24.9 Å². The molecule has 9 heteroatoms. The Morgan fingerprint density at radius 3 is 2.76 bits per heavy atom. The maximum atomic E-state index is 12.6. The van der Waals surface area contributed by atoms with Crippen molar-refractivity contribution in [3.8, 4) is 0 Å². The third kappa shape index (κ3) is 4.38. The van der Waals surface area contributed by atoms with Gasteiger partial charge in [-0.1, -0.05) is 30.6 Å². The van der Waals surface area contributed by atoms with Crippen molar-refractivity contribution < 1.29 is 29.7 Å². The predicted molar refractivity (Wildman–Crippen MR) is 140 cm³/mol. The molecule has 1 heterocycles. The van der Waals surface area contributed by atoms with E-state index >= 15 is 0 Å². The van der Waals surface area contributed by atoms with Crippen LogP contribution in [-0.2, 0) is 21.0 Å². The van der Waals surface area contributed by atoms with Crippen LogP contribution in [0, 0.1) is 28.6 Å². The summed E-state index contributed by atoms with van der Waals surface area (Å²) in [6, 6.07) is 5.53. The van der Waals surface area contributed by atoms with Gasteiger partial charge in [0.2, 0.25) is 0 Å². The second-order valence-corrected chi connectivity index (χ2v) is 12.0. The molecule has 1 amide bonds. The first kappa shape index (κ1) is 27.0. The summed E-state index contributed by atoms with van der Waals surface area (Å²) in [4.78, 5) is 34.3. The van der Waals surface area contributed by atoms with E-state index in [1.165, 1.54) is 5.57 Å². The lowest BCUT2D eigenvalue weighted by atomic mass is 9.45. The average molecular weight is 526 g/mol. The lowest BCUT2D eigenvalue weighted by molar-refractivity contribution is -0.181. The van der Waals surface area contributed by atoms with Gasteiger partial charge in [-0.15, -0.1) is 0 Å². The predicted octanol–water partition coefficient (Wildman–Crippen LogP) is 2.30. The number of fused-ring (bicyclic) bond motifs is 5. The number of carbonyl (C=O) groups excluding carboxylic acids is 2. The molecule has 4 aliphatic carbocycles. The van der Waals surface area contributed by atoms with Crippen molar-refractivity contribution in [2.75, 3.05) is 13.2 Å². The first-order chi connectivity index (χ1) is 18.1. The normalized spacial score (nSPS) is 39.0. The molecule has 1 aromatic rings. The Hall–Kier alpha value is -2.62. The monoisotopic (exact) mass is 525 g/mol. The number of allylic oxidation sites excluding steroid dienone is 2. The fraction of sp³-hybridized carbons (Fsp3) is 0.655. The molecule has 3 fully saturated rings. The highest BCUT2D eigenvalue weighted by Gasteiger charge is 2.68. The molecule has 0 aromatic carbocycles. The van der Waals surface area contributed by atoms with Crippen molar-refractivity contribution in [1.82, 2.24) is 10.3 Å². The fourth-order valence-corrected chi connectivity index (χ4v) is 8.28. The number of nitrogens with zero attached hydrogens (tertiary/aromatic N) is 2. The molecule has 206 valence electrons. The Kier molecular flexibility index (Phi) is 7.22. The number of aliphatic hydroxyl groups is 3. The van der Waals surface area contributed by atoms with Crippen LogP contribution in [0.4, 0.5) is 0 Å². The molecule has 4 aliphatic rings. The molecule has 1 aromatic heterocycles. The van der Waals surface area contributed by atoms with E-state index < -0.39 is 29.5 Å². The highest BCUT2D eigenvalue weighted by molar-refractivity contribution is 5.96. The van der Waals surface area contributed by atoms with E-state index in [1.54, 1.807) is 6.20 Å². The van der Waals surface area contributed by atoms with Gasteiger partial charge in [0.05, 0.1) is 24.1 Å². The standard InChI is InChI=1S/C29H39N3O6/c1-27-10-8-19(32-38-17-25(36)31-15-20-5-3-4-12-30-20)13-18(27)6-7-21-22-9-11-29(37,24(35)16-33)28(22,2)14-23(34)26(21)27/h3-5,12-13,21-23,26,33-34,37H,6-11,14-17H2,1-2H3,(H,31,36)/t21-,22-,23-,26+,27-,28-,29-/m0/s1. The summed E-state index contributed by atoms with van der Waals surface area (Å²) >= 11 is 0. The number of amides is 1. The minimum absolute atomic E-state index is 0.0343. The SMILES string of the molecule is C[C@]12CCC(=NOCC(=O)NCc3ccccn3)C=C1CC[C@@H]1[C@@H]2[C@@H](O)C[C@@]2(C)[C@H]1CC[C@]2(O)C(=O)CO. The van der Waals surface area contributed by atoms with Crippen molar-refractivity contribution in [2.24, 2.45) is 33.7 Å². The number of ketones is 1. The number of aliphatic hydroxyl groups excluding tert-OH is 2. The summed E-state index contributed by atoms with van der Waals surface area (Å²) in [6.07, 6.45) is 7.74. The number of oxime groups is 1. The number of carbonyl (C=O) groups is 2. The second kappa shape index (κ2) is 10.2. The van der Waals surface area contributed by atoms with Crippen LogP contribution in [0.3, 0.4) is 0 Å². The quantitative estimate of drug-likeness (QED) is 0.400. The highest BCUT2D eigenvalue weighted by atomic mass is 16.6. The minimum Gasteiger partial charge on any atom is -0.393 e. The molecule has 0 spiro atoms. The number of rotatable bonds is 7. The summed E-state index contributed by atoms with van der Waals surface area (Å²) in [5, 5.41) is 39.4. The van der Waals surface area contributed by atoms with Crippen LogP contribution >= 0.6 is 0 Å². The van der Waals surface area contributed by atoms with E-state index in [4.69, 9.17) is 4.84 Å². The van der Waals surface area contributed by atoms with Gasteiger partial charge in [-0.05, 0) is 86.3 Å². The first-order valence-corrected chi connectivity index (χ1v) is 13.7. The first-order valence-electron chi connectivity index (χ1n) is 13.7. The van der Waals surface area contributed by atoms with Gasteiger partial charge in [0.1, 0.15) is 12.2 Å². The highest BCUT2D eigenvalue weighted by Crippen LogP contribution is 2.67. The maximum absolute atomic E-state index is 12.6. The van der Waals surface area contributed by atoms with Crippen LogP contribution in [0.15, 0.2) is 41.2 Å². The molecule has 4 N–H and O–H groups in total. The number of nitrogens with one attached hydrogen (secondary N) is 1. The number of hydrogen-bond acceptors (Lipinski definition) is 8. The van der Waals surface area contributed by atoms with Crippen molar-refractivity contribution in [3.05, 3.63) is 41.7 Å². The topological polar surface area (TPSA) is 141 Å². The van der Waals surface area contributed by atoms with Gasteiger partial charge in [-0.3, -0.25) is 14.6 Å². The van der Waals surface area contributed by atoms with E-state index in [0.29, 0.717) is 25.8 Å². The third-order valence-electron chi connectivity index (χ3n) is 10.2. The van der Waals surface area contributed by atoms with E-state index in [0.717, 1.165) is 37.1 Å². The molecule has 0 saturated heterocycles. The van der Waals surface area contributed by atoms with E-state index in [-0.39, 0.29) is 35.7 Å². The number of hydrogen-bond donors (Lipinski definition) is 4. The lowest BCUT2D eigenvalue weighted by Gasteiger charge is -2.60. The summed E-state index contributed by atoms with van der Waals surface area (Å²) in [5.41, 5.74) is 0.290. The van der Waals surface area contributed by atoms with Gasteiger partial charge in [0.25, 0.3) is 5.91 Å². The molecule has 5 rings (SSSR count). The second-order valence-electron chi connectivity index (χ2n) is 12.0.